The number of halogens is 3. The lowest BCUT2D eigenvalue weighted by Crippen LogP contribution is -1.99. The number of aromatic nitrogens is 1. The molecular formula is C6H3F2IN2O3. The number of nitrogens with zero attached hydrogens (tertiary/aromatic N) is 2. The summed E-state index contributed by atoms with van der Waals surface area (Å²) < 4.78 is 24.4. The Morgan fingerprint density at radius 3 is 2.64 bits per heavy atom. The van der Waals surface area contributed by atoms with Crippen LogP contribution in [-0.4, -0.2) is 15.0 Å². The summed E-state index contributed by atoms with van der Waals surface area (Å²) in [5, 5.41) is 19.5. The van der Waals surface area contributed by atoms with Crippen LogP contribution in [0.2, 0.25) is 0 Å². The largest absolute Gasteiger partial charge is 0.500 e. The number of hydrogen-bond acceptors (Lipinski definition) is 4. The van der Waals surface area contributed by atoms with Gasteiger partial charge in [0.2, 0.25) is 5.75 Å². The first-order valence-corrected chi connectivity index (χ1v) is 4.33. The molecule has 0 aromatic carbocycles. The molecule has 0 unspecified atom stereocenters. The Morgan fingerprint density at radius 1 is 1.64 bits per heavy atom. The van der Waals surface area contributed by atoms with Gasteiger partial charge >= 0.3 is 5.69 Å². The quantitative estimate of drug-likeness (QED) is 0.393. The van der Waals surface area contributed by atoms with Gasteiger partial charge in [-0.2, -0.15) is 0 Å². The second-order valence-corrected chi connectivity index (χ2v) is 3.28. The molecule has 8 heteroatoms. The van der Waals surface area contributed by atoms with Crippen molar-refractivity contribution in [3.8, 4) is 5.75 Å². The Bertz CT molecular complexity index is 386. The van der Waals surface area contributed by atoms with Crippen LogP contribution in [0.5, 0.6) is 5.75 Å². The molecule has 1 aromatic rings. The van der Waals surface area contributed by atoms with Gasteiger partial charge in [-0.15, -0.1) is 0 Å². The SMILES string of the molecule is O=[N+]([O-])c1c(C(F)F)cnc(I)c1O. The molecule has 76 valence electrons. The zero-order chi connectivity index (χ0) is 10.9. The highest BCUT2D eigenvalue weighted by molar-refractivity contribution is 14.1. The first kappa shape index (κ1) is 11.0. The maximum atomic E-state index is 12.2. The Kier molecular flexibility index (Phi) is 3.13. The molecule has 0 radical (unpaired) electrons. The summed E-state index contributed by atoms with van der Waals surface area (Å²) in [4.78, 5) is 12.7. The van der Waals surface area contributed by atoms with Crippen molar-refractivity contribution in [2.45, 2.75) is 6.43 Å². The molecule has 0 saturated carbocycles. The van der Waals surface area contributed by atoms with Crippen molar-refractivity contribution in [3.05, 3.63) is 25.6 Å². The number of rotatable bonds is 2. The van der Waals surface area contributed by atoms with Gasteiger partial charge in [0.15, 0.2) is 0 Å². The van der Waals surface area contributed by atoms with Crippen LogP contribution < -0.4 is 0 Å². The average molecular weight is 316 g/mol. The fourth-order valence-electron chi connectivity index (χ4n) is 0.834. The van der Waals surface area contributed by atoms with E-state index in [9.17, 15) is 18.9 Å². The van der Waals surface area contributed by atoms with Crippen LogP contribution in [0.3, 0.4) is 0 Å². The van der Waals surface area contributed by atoms with Crippen molar-refractivity contribution in [2.75, 3.05) is 0 Å². The number of alkyl halides is 2. The molecule has 0 bridgehead atoms. The molecule has 1 rings (SSSR count). The van der Waals surface area contributed by atoms with E-state index in [1.165, 1.54) is 22.6 Å². The standard InChI is InChI=1S/C6H3F2IN2O3/c7-5(8)2-1-10-6(9)4(12)3(2)11(13)14/h1,5,12H. The van der Waals surface area contributed by atoms with E-state index in [1.54, 1.807) is 0 Å². The van der Waals surface area contributed by atoms with Gasteiger partial charge in [0, 0.05) is 6.20 Å². The molecule has 1 N–H and O–H groups in total. The molecule has 1 aromatic heterocycles. The molecule has 0 fully saturated rings. The fourth-order valence-corrected chi connectivity index (χ4v) is 1.23. The third-order valence-corrected chi connectivity index (χ3v) is 2.22. The van der Waals surface area contributed by atoms with Crippen molar-refractivity contribution in [2.24, 2.45) is 0 Å². The molecule has 0 saturated heterocycles. The second-order valence-electron chi connectivity index (χ2n) is 2.26. The van der Waals surface area contributed by atoms with Gasteiger partial charge in [-0.05, 0) is 22.6 Å². The Morgan fingerprint density at radius 2 is 2.21 bits per heavy atom. The molecule has 0 spiro atoms. The summed E-state index contributed by atoms with van der Waals surface area (Å²) in [6.07, 6.45) is -2.35. The monoisotopic (exact) mass is 316 g/mol. The van der Waals surface area contributed by atoms with Crippen LogP contribution in [0.1, 0.15) is 12.0 Å². The van der Waals surface area contributed by atoms with E-state index < -0.39 is 28.3 Å². The predicted octanol–water partition coefficient (Wildman–Crippen LogP) is 2.24. The van der Waals surface area contributed by atoms with Gasteiger partial charge < -0.3 is 5.11 Å². The maximum absolute atomic E-state index is 12.2. The molecule has 0 aliphatic carbocycles. The van der Waals surface area contributed by atoms with E-state index in [2.05, 4.69) is 4.98 Å². The minimum atomic E-state index is -3.04. The van der Waals surface area contributed by atoms with Crippen molar-refractivity contribution in [1.29, 1.82) is 0 Å². The normalized spacial score (nSPS) is 10.6. The van der Waals surface area contributed by atoms with Crippen molar-refractivity contribution < 1.29 is 18.8 Å². The van der Waals surface area contributed by atoms with Gasteiger partial charge in [0.1, 0.15) is 9.26 Å². The van der Waals surface area contributed by atoms with Gasteiger partial charge in [-0.25, -0.2) is 13.8 Å². The van der Waals surface area contributed by atoms with Gasteiger partial charge in [-0.3, -0.25) is 10.1 Å². The zero-order valence-electron chi connectivity index (χ0n) is 6.45. The summed E-state index contributed by atoms with van der Waals surface area (Å²) >= 11 is 1.51. The highest BCUT2D eigenvalue weighted by Gasteiger charge is 2.28. The maximum Gasteiger partial charge on any atom is 0.323 e. The lowest BCUT2D eigenvalue weighted by atomic mass is 10.2. The van der Waals surface area contributed by atoms with E-state index in [4.69, 9.17) is 5.11 Å². The third kappa shape index (κ3) is 1.89. The van der Waals surface area contributed by atoms with Gasteiger partial charge in [-0.1, -0.05) is 0 Å². The number of aromatic hydroxyl groups is 1. The van der Waals surface area contributed by atoms with E-state index in [0.29, 0.717) is 6.20 Å². The van der Waals surface area contributed by atoms with E-state index in [1.807, 2.05) is 0 Å². The lowest BCUT2D eigenvalue weighted by molar-refractivity contribution is -0.387. The summed E-state index contributed by atoms with van der Waals surface area (Å²) in [7, 11) is 0. The third-order valence-electron chi connectivity index (χ3n) is 1.43. The Balaban J connectivity index is 3.45. The molecule has 0 aliphatic heterocycles. The zero-order valence-corrected chi connectivity index (χ0v) is 8.60. The summed E-state index contributed by atoms with van der Waals surface area (Å²) in [5.74, 6) is -0.826. The number of pyridine rings is 1. The average Bonchev–Trinajstić information content (AvgIpc) is 2.08. The molecule has 5 nitrogen and oxygen atoms in total. The van der Waals surface area contributed by atoms with Crippen LogP contribution in [0.25, 0.3) is 0 Å². The molecular weight excluding hydrogens is 313 g/mol. The number of hydrogen-bond donors (Lipinski definition) is 1. The van der Waals surface area contributed by atoms with Crippen LogP contribution in [0.15, 0.2) is 6.20 Å². The summed E-state index contributed by atoms with van der Waals surface area (Å²) in [6.45, 7) is 0. The highest BCUT2D eigenvalue weighted by Crippen LogP contribution is 2.37. The Labute approximate surface area is 90.1 Å². The first-order chi connectivity index (χ1) is 6.45. The molecule has 0 aliphatic rings. The van der Waals surface area contributed by atoms with Gasteiger partial charge in [0.05, 0.1) is 4.92 Å². The van der Waals surface area contributed by atoms with Crippen LogP contribution in [0, 0.1) is 13.8 Å². The van der Waals surface area contributed by atoms with E-state index in [0.717, 1.165) is 0 Å². The van der Waals surface area contributed by atoms with Crippen LogP contribution in [-0.2, 0) is 0 Å². The summed E-state index contributed by atoms with van der Waals surface area (Å²) in [5.41, 5.74) is -1.87. The van der Waals surface area contributed by atoms with Crippen molar-refractivity contribution in [1.82, 2.24) is 4.98 Å². The lowest BCUT2D eigenvalue weighted by Gasteiger charge is -2.03. The predicted molar refractivity (Wildman–Crippen MR) is 50.2 cm³/mol. The van der Waals surface area contributed by atoms with Gasteiger partial charge in [0.25, 0.3) is 6.43 Å². The molecule has 0 amide bonds. The van der Waals surface area contributed by atoms with E-state index in [-0.39, 0.29) is 3.70 Å². The smallest absolute Gasteiger partial charge is 0.323 e. The van der Waals surface area contributed by atoms with Crippen molar-refractivity contribution >= 4 is 28.3 Å². The minimum absolute atomic E-state index is 0.0845. The minimum Gasteiger partial charge on any atom is -0.500 e. The van der Waals surface area contributed by atoms with E-state index >= 15 is 0 Å². The van der Waals surface area contributed by atoms with Crippen LogP contribution in [0.4, 0.5) is 14.5 Å². The van der Waals surface area contributed by atoms with Crippen LogP contribution >= 0.6 is 22.6 Å². The second kappa shape index (κ2) is 3.98. The molecule has 0 atom stereocenters. The molecule has 1 heterocycles. The Hall–Kier alpha value is -1.06. The molecule has 14 heavy (non-hydrogen) atoms. The summed E-state index contributed by atoms with van der Waals surface area (Å²) in [6, 6.07) is 0. The number of nitro groups is 1. The fraction of sp³-hybridized carbons (Fsp3) is 0.167. The topological polar surface area (TPSA) is 76.3 Å². The highest BCUT2D eigenvalue weighted by atomic mass is 127. The first-order valence-electron chi connectivity index (χ1n) is 3.25. The van der Waals surface area contributed by atoms with Crippen molar-refractivity contribution in [3.63, 3.8) is 0 Å².